The van der Waals surface area contributed by atoms with E-state index in [9.17, 15) is 5.26 Å². The summed E-state index contributed by atoms with van der Waals surface area (Å²) >= 11 is 0. The molecule has 4 fully saturated rings. The molecule has 2 nitrogen and oxygen atoms in total. The van der Waals surface area contributed by atoms with Crippen molar-refractivity contribution in [3.63, 3.8) is 0 Å². The van der Waals surface area contributed by atoms with E-state index >= 15 is 0 Å². The zero-order chi connectivity index (χ0) is 13.6. The third kappa shape index (κ3) is 1.92. The summed E-state index contributed by atoms with van der Waals surface area (Å²) in [7, 11) is 0. The van der Waals surface area contributed by atoms with Crippen molar-refractivity contribution in [3.8, 4) is 6.07 Å². The van der Waals surface area contributed by atoms with Gasteiger partial charge in [0, 0.05) is 12.2 Å². The van der Waals surface area contributed by atoms with Gasteiger partial charge < -0.3 is 5.32 Å². The van der Waals surface area contributed by atoms with Crippen LogP contribution in [0.15, 0.2) is 30.3 Å². The first-order valence-corrected chi connectivity index (χ1v) is 7.91. The number of rotatable bonds is 3. The van der Waals surface area contributed by atoms with E-state index in [0.717, 1.165) is 24.8 Å². The first-order valence-electron chi connectivity index (χ1n) is 7.91. The minimum absolute atomic E-state index is 0.0163. The highest BCUT2D eigenvalue weighted by Crippen LogP contribution is 2.64. The van der Waals surface area contributed by atoms with E-state index in [1.54, 1.807) is 0 Å². The summed E-state index contributed by atoms with van der Waals surface area (Å²) in [4.78, 5) is 0. The maximum atomic E-state index is 9.66. The molecule has 0 aliphatic heterocycles. The van der Waals surface area contributed by atoms with Crippen molar-refractivity contribution < 1.29 is 0 Å². The van der Waals surface area contributed by atoms with Gasteiger partial charge >= 0.3 is 0 Å². The number of hydrogen-bond donors (Lipinski definition) is 1. The van der Waals surface area contributed by atoms with Crippen LogP contribution in [0.3, 0.4) is 0 Å². The van der Waals surface area contributed by atoms with Crippen LogP contribution >= 0.6 is 0 Å². The molecular weight excluding hydrogens is 244 g/mol. The number of para-hydroxylation sites is 1. The maximum Gasteiger partial charge on any atom is 0.0690 e. The van der Waals surface area contributed by atoms with Crippen molar-refractivity contribution in [1.29, 1.82) is 5.26 Å². The van der Waals surface area contributed by atoms with Crippen molar-refractivity contribution in [2.75, 3.05) is 11.9 Å². The number of benzene rings is 1. The van der Waals surface area contributed by atoms with Gasteiger partial charge in [-0.2, -0.15) is 5.26 Å². The minimum atomic E-state index is 0.0163. The molecule has 20 heavy (non-hydrogen) atoms. The second kappa shape index (κ2) is 4.25. The van der Waals surface area contributed by atoms with E-state index in [1.165, 1.54) is 37.8 Å². The lowest BCUT2D eigenvalue weighted by Gasteiger charge is -2.60. The molecule has 0 saturated heterocycles. The van der Waals surface area contributed by atoms with Crippen LogP contribution < -0.4 is 5.32 Å². The molecule has 0 heterocycles. The highest BCUT2D eigenvalue weighted by Gasteiger charge is 2.57. The smallest absolute Gasteiger partial charge is 0.0690 e. The SMILES string of the molecule is N#CC12CC3CC(C1)CC(CNc1ccccc1)(C3)C2. The number of anilines is 1. The fourth-order valence-corrected chi connectivity index (χ4v) is 5.64. The van der Waals surface area contributed by atoms with E-state index in [2.05, 4.69) is 41.7 Å². The summed E-state index contributed by atoms with van der Waals surface area (Å²) in [6.45, 7) is 1.05. The van der Waals surface area contributed by atoms with Crippen LogP contribution in [0.4, 0.5) is 5.69 Å². The van der Waals surface area contributed by atoms with Crippen LogP contribution in [0.5, 0.6) is 0 Å². The Morgan fingerprint density at radius 2 is 1.80 bits per heavy atom. The zero-order valence-electron chi connectivity index (χ0n) is 11.9. The highest BCUT2D eigenvalue weighted by atomic mass is 14.9. The predicted molar refractivity (Wildman–Crippen MR) is 80.1 cm³/mol. The molecule has 4 bridgehead atoms. The van der Waals surface area contributed by atoms with E-state index < -0.39 is 0 Å². The van der Waals surface area contributed by atoms with Crippen LogP contribution in [-0.4, -0.2) is 6.54 Å². The minimum Gasteiger partial charge on any atom is -0.384 e. The molecule has 4 aliphatic rings. The summed E-state index contributed by atoms with van der Waals surface area (Å²) in [6.07, 6.45) is 7.54. The van der Waals surface area contributed by atoms with Crippen molar-refractivity contribution in [2.24, 2.45) is 22.7 Å². The van der Waals surface area contributed by atoms with Gasteiger partial charge in [-0.25, -0.2) is 0 Å². The van der Waals surface area contributed by atoms with Crippen molar-refractivity contribution in [1.82, 2.24) is 0 Å². The second-order valence-electron chi connectivity index (χ2n) is 7.57. The van der Waals surface area contributed by atoms with Gasteiger partial charge in [0.05, 0.1) is 11.5 Å². The molecule has 0 spiro atoms. The van der Waals surface area contributed by atoms with Gasteiger partial charge in [0.15, 0.2) is 0 Å². The Bertz CT molecular complexity index is 528. The number of nitrogens with zero attached hydrogens (tertiary/aromatic N) is 1. The number of hydrogen-bond acceptors (Lipinski definition) is 2. The molecule has 5 rings (SSSR count). The Hall–Kier alpha value is -1.49. The fraction of sp³-hybridized carbons (Fsp3) is 0.611. The third-order valence-corrected chi connectivity index (χ3v) is 5.86. The van der Waals surface area contributed by atoms with Gasteiger partial charge in [0.25, 0.3) is 0 Å². The molecule has 1 aromatic rings. The normalized spacial score (nSPS) is 41.4. The van der Waals surface area contributed by atoms with E-state index in [4.69, 9.17) is 0 Å². The molecule has 1 N–H and O–H groups in total. The van der Waals surface area contributed by atoms with E-state index in [0.29, 0.717) is 5.41 Å². The average Bonchev–Trinajstić information content (AvgIpc) is 2.45. The Labute approximate surface area is 121 Å². The van der Waals surface area contributed by atoms with Gasteiger partial charge in [-0.3, -0.25) is 0 Å². The molecule has 2 unspecified atom stereocenters. The van der Waals surface area contributed by atoms with E-state index in [-0.39, 0.29) is 5.41 Å². The molecule has 0 amide bonds. The summed E-state index contributed by atoms with van der Waals surface area (Å²) in [6, 6.07) is 13.2. The van der Waals surface area contributed by atoms with Crippen LogP contribution in [0.25, 0.3) is 0 Å². The van der Waals surface area contributed by atoms with E-state index in [1.807, 2.05) is 0 Å². The summed E-state index contributed by atoms with van der Waals surface area (Å²) in [5.74, 6) is 1.63. The number of nitriles is 1. The van der Waals surface area contributed by atoms with Crippen LogP contribution in [0, 0.1) is 34.0 Å². The van der Waals surface area contributed by atoms with Crippen molar-refractivity contribution >= 4 is 5.69 Å². The predicted octanol–water partition coefficient (Wildman–Crippen LogP) is 4.21. The lowest BCUT2D eigenvalue weighted by molar-refractivity contribution is -0.0766. The number of nitrogens with one attached hydrogen (secondary N) is 1. The Morgan fingerprint density at radius 1 is 1.10 bits per heavy atom. The lowest BCUT2D eigenvalue weighted by Crippen LogP contribution is -2.53. The fourth-order valence-electron chi connectivity index (χ4n) is 5.64. The average molecular weight is 266 g/mol. The van der Waals surface area contributed by atoms with Gasteiger partial charge in [0.2, 0.25) is 0 Å². The largest absolute Gasteiger partial charge is 0.384 e. The van der Waals surface area contributed by atoms with Crippen molar-refractivity contribution in [2.45, 2.75) is 38.5 Å². The molecule has 104 valence electrons. The van der Waals surface area contributed by atoms with Gasteiger partial charge in [-0.1, -0.05) is 18.2 Å². The Kier molecular flexibility index (Phi) is 2.61. The van der Waals surface area contributed by atoms with Crippen LogP contribution in [0.2, 0.25) is 0 Å². The second-order valence-corrected chi connectivity index (χ2v) is 7.57. The quantitative estimate of drug-likeness (QED) is 0.889. The monoisotopic (exact) mass is 266 g/mol. The molecule has 0 radical (unpaired) electrons. The zero-order valence-corrected chi connectivity index (χ0v) is 11.9. The lowest BCUT2D eigenvalue weighted by atomic mass is 9.44. The van der Waals surface area contributed by atoms with Gasteiger partial charge in [-0.15, -0.1) is 0 Å². The Balaban J connectivity index is 1.54. The summed E-state index contributed by atoms with van der Waals surface area (Å²) in [5.41, 5.74) is 1.62. The molecule has 4 aliphatic carbocycles. The first-order chi connectivity index (χ1) is 9.71. The van der Waals surface area contributed by atoms with Gasteiger partial charge in [-0.05, 0) is 67.9 Å². The van der Waals surface area contributed by atoms with Crippen LogP contribution in [0.1, 0.15) is 38.5 Å². The first kappa shape index (κ1) is 12.3. The standard InChI is InChI=1S/C18H22N2/c19-12-17-7-14-6-15(8-17)10-18(9-14,11-17)13-20-16-4-2-1-3-5-16/h1-5,14-15,20H,6-11,13H2. The maximum absolute atomic E-state index is 9.66. The highest BCUT2D eigenvalue weighted by molar-refractivity contribution is 5.42. The molecule has 2 heteroatoms. The third-order valence-electron chi connectivity index (χ3n) is 5.86. The molecule has 1 aromatic carbocycles. The molecular formula is C18H22N2. The summed E-state index contributed by atoms with van der Waals surface area (Å²) in [5, 5.41) is 13.3. The topological polar surface area (TPSA) is 35.8 Å². The van der Waals surface area contributed by atoms with Crippen molar-refractivity contribution in [3.05, 3.63) is 30.3 Å². The Morgan fingerprint density at radius 3 is 2.45 bits per heavy atom. The molecule has 4 saturated carbocycles. The van der Waals surface area contributed by atoms with Crippen LogP contribution in [-0.2, 0) is 0 Å². The molecule has 2 atom stereocenters. The van der Waals surface area contributed by atoms with Gasteiger partial charge in [0.1, 0.15) is 0 Å². The summed E-state index contributed by atoms with van der Waals surface area (Å²) < 4.78 is 0. The molecule has 0 aromatic heterocycles.